The summed E-state index contributed by atoms with van der Waals surface area (Å²) in [5.74, 6) is -0.533. The minimum Gasteiger partial charge on any atom is -0.455 e. The van der Waals surface area contributed by atoms with E-state index in [2.05, 4.69) is 4.98 Å². The number of ether oxygens (including phenoxy) is 2. The van der Waals surface area contributed by atoms with Crippen molar-refractivity contribution in [3.05, 3.63) is 42.1 Å². The SMILES string of the molecule is O=C(Cc1cccc2cccnc12)OCC(=O)N1CCO[C@@H]2CCCC[C@@H]21. The molecule has 6 nitrogen and oxygen atoms in total. The maximum absolute atomic E-state index is 12.6. The van der Waals surface area contributed by atoms with Gasteiger partial charge in [0.1, 0.15) is 0 Å². The summed E-state index contributed by atoms with van der Waals surface area (Å²) >= 11 is 0. The first kappa shape index (κ1) is 17.9. The zero-order chi connectivity index (χ0) is 18.6. The van der Waals surface area contributed by atoms with Gasteiger partial charge >= 0.3 is 5.97 Å². The van der Waals surface area contributed by atoms with E-state index in [0.29, 0.717) is 13.2 Å². The van der Waals surface area contributed by atoms with Crippen LogP contribution in [0.2, 0.25) is 0 Å². The van der Waals surface area contributed by atoms with E-state index in [1.54, 1.807) is 6.20 Å². The Kier molecular flexibility index (Phi) is 5.34. The molecule has 27 heavy (non-hydrogen) atoms. The van der Waals surface area contributed by atoms with Crippen molar-refractivity contribution in [3.63, 3.8) is 0 Å². The third kappa shape index (κ3) is 3.95. The average molecular weight is 368 g/mol. The Balaban J connectivity index is 1.35. The molecule has 0 N–H and O–H groups in total. The summed E-state index contributed by atoms with van der Waals surface area (Å²) in [6.45, 7) is 0.924. The molecule has 2 aromatic rings. The normalized spacial score (nSPS) is 22.3. The van der Waals surface area contributed by atoms with E-state index in [-0.39, 0.29) is 31.1 Å². The van der Waals surface area contributed by atoms with Crippen molar-refractivity contribution in [3.8, 4) is 0 Å². The molecule has 1 aliphatic heterocycles. The summed E-state index contributed by atoms with van der Waals surface area (Å²) in [4.78, 5) is 31.1. The number of para-hydroxylation sites is 1. The minimum absolute atomic E-state index is 0.108. The number of fused-ring (bicyclic) bond motifs is 2. The number of carbonyl (C=O) groups excluding carboxylic acids is 2. The Morgan fingerprint density at radius 3 is 2.96 bits per heavy atom. The molecule has 2 aliphatic rings. The molecule has 0 radical (unpaired) electrons. The van der Waals surface area contributed by atoms with E-state index in [1.807, 2.05) is 35.2 Å². The lowest BCUT2D eigenvalue weighted by Gasteiger charge is -2.43. The fourth-order valence-electron chi connectivity index (χ4n) is 4.15. The Hall–Kier alpha value is -2.47. The van der Waals surface area contributed by atoms with Gasteiger partial charge in [0.25, 0.3) is 5.91 Å². The summed E-state index contributed by atoms with van der Waals surface area (Å²) in [5.41, 5.74) is 1.60. The van der Waals surface area contributed by atoms with Gasteiger partial charge in [-0.1, -0.05) is 37.1 Å². The lowest BCUT2D eigenvalue weighted by atomic mass is 9.90. The number of hydrogen-bond donors (Lipinski definition) is 0. The molecule has 1 aromatic heterocycles. The number of aromatic nitrogens is 1. The molecule has 1 amide bonds. The van der Waals surface area contributed by atoms with E-state index in [9.17, 15) is 9.59 Å². The van der Waals surface area contributed by atoms with Gasteiger partial charge in [-0.05, 0) is 24.5 Å². The van der Waals surface area contributed by atoms with Crippen LogP contribution in [0.15, 0.2) is 36.5 Å². The van der Waals surface area contributed by atoms with Crippen LogP contribution in [0.25, 0.3) is 10.9 Å². The molecular formula is C21H24N2O4. The standard InChI is InChI=1S/C21H24N2O4/c24-19(23-11-12-26-18-9-2-1-8-17(18)23)14-27-20(25)13-16-6-3-5-15-7-4-10-22-21(15)16/h3-7,10,17-18H,1-2,8-9,11-14H2/t17-,18+/m0/s1. The molecule has 1 aliphatic carbocycles. The Morgan fingerprint density at radius 1 is 1.19 bits per heavy atom. The lowest BCUT2D eigenvalue weighted by Crippen LogP contribution is -2.55. The highest BCUT2D eigenvalue weighted by Crippen LogP contribution is 2.28. The van der Waals surface area contributed by atoms with Crippen LogP contribution in [0, 0.1) is 0 Å². The van der Waals surface area contributed by atoms with Gasteiger partial charge < -0.3 is 14.4 Å². The summed E-state index contributed by atoms with van der Waals surface area (Å²) in [5, 5.41) is 0.982. The molecule has 6 heteroatoms. The summed E-state index contributed by atoms with van der Waals surface area (Å²) in [7, 11) is 0. The van der Waals surface area contributed by atoms with E-state index in [4.69, 9.17) is 9.47 Å². The van der Waals surface area contributed by atoms with Crippen molar-refractivity contribution in [2.24, 2.45) is 0 Å². The first-order chi connectivity index (χ1) is 13.2. The van der Waals surface area contributed by atoms with Gasteiger partial charge in [0.05, 0.1) is 30.7 Å². The first-order valence-corrected chi connectivity index (χ1v) is 9.62. The molecule has 1 saturated heterocycles. The van der Waals surface area contributed by atoms with Crippen molar-refractivity contribution in [1.29, 1.82) is 0 Å². The number of rotatable bonds is 4. The fourth-order valence-corrected chi connectivity index (χ4v) is 4.15. The third-order valence-corrected chi connectivity index (χ3v) is 5.46. The second-order valence-electron chi connectivity index (χ2n) is 7.18. The fraction of sp³-hybridized carbons (Fsp3) is 0.476. The number of esters is 1. The number of hydrogen-bond acceptors (Lipinski definition) is 5. The average Bonchev–Trinajstić information content (AvgIpc) is 2.72. The molecule has 0 bridgehead atoms. The van der Waals surface area contributed by atoms with E-state index in [0.717, 1.165) is 42.1 Å². The maximum Gasteiger partial charge on any atom is 0.310 e. The molecule has 2 atom stereocenters. The number of carbonyl (C=O) groups is 2. The molecule has 142 valence electrons. The van der Waals surface area contributed by atoms with Gasteiger partial charge in [-0.15, -0.1) is 0 Å². The van der Waals surface area contributed by atoms with Crippen LogP contribution in [0.1, 0.15) is 31.2 Å². The molecule has 1 saturated carbocycles. The van der Waals surface area contributed by atoms with Crippen LogP contribution in [0.3, 0.4) is 0 Å². The molecule has 4 rings (SSSR count). The zero-order valence-electron chi connectivity index (χ0n) is 15.3. The van der Waals surface area contributed by atoms with Gasteiger partial charge in [0.2, 0.25) is 0 Å². The molecule has 0 spiro atoms. The second kappa shape index (κ2) is 8.05. The summed E-state index contributed by atoms with van der Waals surface area (Å²) < 4.78 is 11.1. The van der Waals surface area contributed by atoms with Gasteiger partial charge in [0, 0.05) is 18.1 Å². The number of pyridine rings is 1. The van der Waals surface area contributed by atoms with Gasteiger partial charge in [-0.2, -0.15) is 0 Å². The maximum atomic E-state index is 12.6. The Morgan fingerprint density at radius 2 is 2.04 bits per heavy atom. The van der Waals surface area contributed by atoms with Gasteiger partial charge in [-0.3, -0.25) is 14.6 Å². The number of amides is 1. The van der Waals surface area contributed by atoms with Crippen LogP contribution in [-0.4, -0.2) is 53.7 Å². The van der Waals surface area contributed by atoms with Crippen molar-refractivity contribution in [2.75, 3.05) is 19.8 Å². The second-order valence-corrected chi connectivity index (χ2v) is 7.18. The smallest absolute Gasteiger partial charge is 0.310 e. The van der Waals surface area contributed by atoms with Crippen molar-refractivity contribution >= 4 is 22.8 Å². The number of nitrogens with zero attached hydrogens (tertiary/aromatic N) is 2. The van der Waals surface area contributed by atoms with Crippen LogP contribution in [0.4, 0.5) is 0 Å². The number of morpholine rings is 1. The summed E-state index contributed by atoms with van der Waals surface area (Å²) in [6, 6.07) is 9.67. The highest BCUT2D eigenvalue weighted by atomic mass is 16.5. The van der Waals surface area contributed by atoms with Crippen molar-refractivity contribution in [2.45, 2.75) is 44.2 Å². The summed E-state index contributed by atoms with van der Waals surface area (Å²) in [6.07, 6.45) is 6.18. The molecule has 1 aromatic carbocycles. The van der Waals surface area contributed by atoms with Crippen LogP contribution in [-0.2, 0) is 25.5 Å². The predicted molar refractivity (Wildman–Crippen MR) is 100 cm³/mol. The quantitative estimate of drug-likeness (QED) is 0.776. The van der Waals surface area contributed by atoms with E-state index in [1.165, 1.54) is 0 Å². The third-order valence-electron chi connectivity index (χ3n) is 5.46. The van der Waals surface area contributed by atoms with E-state index >= 15 is 0 Å². The van der Waals surface area contributed by atoms with Crippen LogP contribution < -0.4 is 0 Å². The highest BCUT2D eigenvalue weighted by Gasteiger charge is 2.36. The van der Waals surface area contributed by atoms with Crippen molar-refractivity contribution in [1.82, 2.24) is 9.88 Å². The first-order valence-electron chi connectivity index (χ1n) is 9.62. The van der Waals surface area contributed by atoms with E-state index < -0.39 is 5.97 Å². The largest absolute Gasteiger partial charge is 0.455 e. The Bertz CT molecular complexity index is 831. The lowest BCUT2D eigenvalue weighted by molar-refractivity contribution is -0.160. The predicted octanol–water partition coefficient (Wildman–Crippen LogP) is 2.49. The molecule has 2 fully saturated rings. The molecule has 2 heterocycles. The van der Waals surface area contributed by atoms with Crippen molar-refractivity contribution < 1.29 is 19.1 Å². The van der Waals surface area contributed by atoms with Crippen LogP contribution in [0.5, 0.6) is 0 Å². The van der Waals surface area contributed by atoms with Gasteiger partial charge in [-0.25, -0.2) is 0 Å². The van der Waals surface area contributed by atoms with Gasteiger partial charge in [0.15, 0.2) is 6.61 Å². The number of benzene rings is 1. The molecule has 0 unspecified atom stereocenters. The molecular weight excluding hydrogens is 344 g/mol. The topological polar surface area (TPSA) is 68.7 Å². The van der Waals surface area contributed by atoms with Crippen LogP contribution >= 0.6 is 0 Å². The Labute approximate surface area is 158 Å². The zero-order valence-corrected chi connectivity index (χ0v) is 15.3. The highest BCUT2D eigenvalue weighted by molar-refractivity contribution is 5.87. The minimum atomic E-state index is -0.407. The monoisotopic (exact) mass is 368 g/mol.